The Morgan fingerprint density at radius 1 is 1.29 bits per heavy atom. The molecule has 1 aromatic rings. The minimum absolute atomic E-state index is 0.241. The van der Waals surface area contributed by atoms with Crippen molar-refractivity contribution in [3.8, 4) is 5.75 Å². The Hall–Kier alpha value is -2.28. The molecule has 7 heteroatoms. The van der Waals surface area contributed by atoms with Gasteiger partial charge < -0.3 is 10.1 Å². The Labute approximate surface area is 138 Å². The molecule has 0 amide bonds. The van der Waals surface area contributed by atoms with Gasteiger partial charge in [0.2, 0.25) is 0 Å². The summed E-state index contributed by atoms with van der Waals surface area (Å²) in [6.45, 7) is 2.70. The summed E-state index contributed by atoms with van der Waals surface area (Å²) in [5, 5.41) is 9.65. The number of anilines is 1. The fourth-order valence-corrected chi connectivity index (χ4v) is 3.07. The zero-order chi connectivity index (χ0) is 17.4. The maximum absolute atomic E-state index is 12.3. The van der Waals surface area contributed by atoms with E-state index in [2.05, 4.69) is 28.2 Å². The van der Waals surface area contributed by atoms with Crippen LogP contribution in [-0.2, 0) is 0 Å². The summed E-state index contributed by atoms with van der Waals surface area (Å²) in [7, 11) is 1.85. The molecule has 4 nitrogen and oxygen atoms in total. The van der Waals surface area contributed by atoms with Crippen molar-refractivity contribution < 1.29 is 17.9 Å². The highest BCUT2D eigenvalue weighted by atomic mass is 19.4. The van der Waals surface area contributed by atoms with E-state index in [9.17, 15) is 13.2 Å². The molecular formula is C17H18F3N3O. The van der Waals surface area contributed by atoms with Crippen molar-refractivity contribution in [1.82, 2.24) is 5.32 Å². The first-order valence-corrected chi connectivity index (χ1v) is 7.59. The van der Waals surface area contributed by atoms with Gasteiger partial charge in [-0.05, 0) is 44.7 Å². The molecule has 24 heavy (non-hydrogen) atoms. The topological polar surface area (TPSA) is 36.9 Å². The zero-order valence-electron chi connectivity index (χ0n) is 13.4. The Bertz CT molecular complexity index is 707. The third-order valence-corrected chi connectivity index (χ3v) is 4.15. The molecule has 1 aromatic carbocycles. The van der Waals surface area contributed by atoms with Crippen LogP contribution in [0.4, 0.5) is 18.9 Å². The lowest BCUT2D eigenvalue weighted by Crippen LogP contribution is -2.42. The van der Waals surface area contributed by atoms with E-state index in [1.165, 1.54) is 12.1 Å². The van der Waals surface area contributed by atoms with Crippen LogP contribution >= 0.6 is 0 Å². The molecular weight excluding hydrogens is 319 g/mol. The predicted octanol–water partition coefficient (Wildman–Crippen LogP) is 3.63. The second kappa shape index (κ2) is 5.98. The van der Waals surface area contributed by atoms with Gasteiger partial charge in [0.15, 0.2) is 0 Å². The fraction of sp³-hybridized carbons (Fsp3) is 0.353. The molecule has 1 atom stereocenters. The van der Waals surface area contributed by atoms with Gasteiger partial charge in [-0.1, -0.05) is 18.2 Å². The molecule has 0 spiro atoms. The molecule has 1 aliphatic heterocycles. The minimum Gasteiger partial charge on any atom is -0.406 e. The van der Waals surface area contributed by atoms with Crippen LogP contribution in [-0.4, -0.2) is 31.2 Å². The first-order chi connectivity index (χ1) is 11.3. The molecule has 0 fully saturated rings. The third kappa shape index (κ3) is 3.03. The maximum atomic E-state index is 12.3. The van der Waals surface area contributed by atoms with E-state index in [1.807, 2.05) is 24.2 Å². The average molecular weight is 337 g/mol. The predicted molar refractivity (Wildman–Crippen MR) is 87.2 cm³/mol. The number of nitrogens with one attached hydrogen (secondary N) is 1. The quantitative estimate of drug-likeness (QED) is 0.912. The minimum atomic E-state index is -4.69. The van der Waals surface area contributed by atoms with Gasteiger partial charge >= 0.3 is 6.36 Å². The first-order valence-electron chi connectivity index (χ1n) is 7.59. The lowest BCUT2D eigenvalue weighted by atomic mass is 9.82. The van der Waals surface area contributed by atoms with Gasteiger partial charge in [0.05, 0.1) is 16.9 Å². The molecule has 0 saturated carbocycles. The molecule has 128 valence electrons. The van der Waals surface area contributed by atoms with Gasteiger partial charge in [-0.2, -0.15) is 5.10 Å². The molecule has 1 heterocycles. The van der Waals surface area contributed by atoms with Crippen LogP contribution in [0.15, 0.2) is 53.2 Å². The van der Waals surface area contributed by atoms with E-state index in [0.717, 1.165) is 23.4 Å². The Morgan fingerprint density at radius 3 is 2.62 bits per heavy atom. The number of hydrazone groups is 1. The average Bonchev–Trinajstić information content (AvgIpc) is 2.80. The number of ether oxygens (including phenoxy) is 1. The van der Waals surface area contributed by atoms with E-state index in [0.29, 0.717) is 6.54 Å². The Kier molecular flexibility index (Phi) is 4.13. The summed E-state index contributed by atoms with van der Waals surface area (Å²) in [5.41, 5.74) is 2.43. The number of alkyl halides is 3. The van der Waals surface area contributed by atoms with Crippen LogP contribution in [0.2, 0.25) is 0 Å². The molecule has 2 aliphatic rings. The van der Waals surface area contributed by atoms with E-state index in [1.54, 1.807) is 12.1 Å². The lowest BCUT2D eigenvalue weighted by molar-refractivity contribution is -0.274. The van der Waals surface area contributed by atoms with Crippen LogP contribution < -0.4 is 15.1 Å². The van der Waals surface area contributed by atoms with Crippen LogP contribution in [0.3, 0.4) is 0 Å². The molecule has 1 N–H and O–H groups in total. The van der Waals surface area contributed by atoms with Gasteiger partial charge in [0.25, 0.3) is 0 Å². The van der Waals surface area contributed by atoms with Crippen molar-refractivity contribution in [3.05, 3.63) is 48.1 Å². The number of nitrogens with zero attached hydrogens (tertiary/aromatic N) is 2. The van der Waals surface area contributed by atoms with Gasteiger partial charge in [0.1, 0.15) is 5.75 Å². The van der Waals surface area contributed by atoms with Crippen molar-refractivity contribution in [2.45, 2.75) is 25.2 Å². The molecule has 0 aromatic heterocycles. The fourth-order valence-electron chi connectivity index (χ4n) is 3.07. The van der Waals surface area contributed by atoms with E-state index >= 15 is 0 Å². The molecule has 0 radical (unpaired) electrons. The molecule has 0 saturated heterocycles. The summed E-state index contributed by atoms with van der Waals surface area (Å²) in [5.74, 6) is -0.241. The van der Waals surface area contributed by atoms with Gasteiger partial charge in [0, 0.05) is 12.1 Å². The Balaban J connectivity index is 1.91. The number of hydrogen-bond acceptors (Lipinski definition) is 4. The Morgan fingerprint density at radius 2 is 2.00 bits per heavy atom. The van der Waals surface area contributed by atoms with Crippen molar-refractivity contribution in [2.75, 3.05) is 18.6 Å². The molecule has 1 aliphatic carbocycles. The van der Waals surface area contributed by atoms with Gasteiger partial charge in [-0.3, -0.25) is 5.01 Å². The van der Waals surface area contributed by atoms with Crippen LogP contribution in [0.1, 0.15) is 13.3 Å². The first kappa shape index (κ1) is 16.6. The summed E-state index contributed by atoms with van der Waals surface area (Å²) >= 11 is 0. The SMILES string of the molecule is CNCC1=NN(c2ccc(OC(F)(F)F)cc2)C2(C)CC=CC=C12. The summed E-state index contributed by atoms with van der Waals surface area (Å²) < 4.78 is 40.8. The summed E-state index contributed by atoms with van der Waals surface area (Å²) in [6.07, 6.45) is 2.20. The van der Waals surface area contributed by atoms with Crippen molar-refractivity contribution >= 4 is 11.4 Å². The standard InChI is InChI=1S/C17H18F3N3O/c1-16-10-4-3-5-14(16)15(11-21-2)22-23(16)12-6-8-13(9-7-12)24-17(18,19)20/h3-9,21H,10-11H2,1-2H3. The van der Waals surface area contributed by atoms with Crippen LogP contribution in [0.25, 0.3) is 0 Å². The third-order valence-electron chi connectivity index (χ3n) is 4.15. The number of fused-ring (bicyclic) bond motifs is 1. The summed E-state index contributed by atoms with van der Waals surface area (Å²) in [4.78, 5) is 0. The highest BCUT2D eigenvalue weighted by Gasteiger charge is 2.43. The molecule has 3 rings (SSSR count). The highest BCUT2D eigenvalue weighted by Crippen LogP contribution is 2.41. The monoisotopic (exact) mass is 337 g/mol. The number of rotatable bonds is 4. The molecule has 0 bridgehead atoms. The number of allylic oxidation sites excluding steroid dienone is 2. The van der Waals surface area contributed by atoms with E-state index in [4.69, 9.17) is 0 Å². The van der Waals surface area contributed by atoms with Gasteiger partial charge in [-0.25, -0.2) is 0 Å². The highest BCUT2D eigenvalue weighted by molar-refractivity contribution is 6.07. The smallest absolute Gasteiger partial charge is 0.406 e. The van der Waals surface area contributed by atoms with Crippen molar-refractivity contribution in [3.63, 3.8) is 0 Å². The molecule has 1 unspecified atom stereocenters. The lowest BCUT2D eigenvalue weighted by Gasteiger charge is -2.36. The zero-order valence-corrected chi connectivity index (χ0v) is 13.4. The number of halogens is 3. The summed E-state index contributed by atoms with van der Waals surface area (Å²) in [6, 6.07) is 5.79. The maximum Gasteiger partial charge on any atom is 0.573 e. The second-order valence-corrected chi connectivity index (χ2v) is 5.92. The second-order valence-electron chi connectivity index (χ2n) is 5.92. The van der Waals surface area contributed by atoms with Crippen LogP contribution in [0, 0.1) is 0 Å². The largest absolute Gasteiger partial charge is 0.573 e. The van der Waals surface area contributed by atoms with E-state index < -0.39 is 6.36 Å². The van der Waals surface area contributed by atoms with Crippen molar-refractivity contribution in [2.24, 2.45) is 5.10 Å². The van der Waals surface area contributed by atoms with Crippen LogP contribution in [0.5, 0.6) is 5.75 Å². The number of hydrogen-bond donors (Lipinski definition) is 1. The number of benzene rings is 1. The van der Waals surface area contributed by atoms with Crippen molar-refractivity contribution in [1.29, 1.82) is 0 Å². The van der Waals surface area contributed by atoms with Gasteiger partial charge in [-0.15, -0.1) is 13.2 Å². The normalized spacial score (nSPS) is 23.0. The van der Waals surface area contributed by atoms with E-state index in [-0.39, 0.29) is 11.3 Å².